The van der Waals surface area contributed by atoms with Gasteiger partial charge in [-0.15, -0.1) is 0 Å². The maximum atomic E-state index is 12.7. The molecule has 0 aliphatic carbocycles. The smallest absolute Gasteiger partial charge is 0.282 e. The van der Waals surface area contributed by atoms with E-state index in [1.54, 1.807) is 12.1 Å². The Morgan fingerprint density at radius 2 is 1.88 bits per heavy atom. The SMILES string of the molecule is CC[C@H](C)NC(=O)CN1CCCN(Cc2ccc(Cl)cc2)S1(=O)=O. The van der Waals surface area contributed by atoms with Crippen molar-refractivity contribution < 1.29 is 13.2 Å². The number of nitrogens with zero attached hydrogens (tertiary/aromatic N) is 2. The topological polar surface area (TPSA) is 69.7 Å². The molecular formula is C16H24ClN3O3S. The zero-order chi connectivity index (χ0) is 17.7. The minimum Gasteiger partial charge on any atom is -0.353 e. The summed E-state index contributed by atoms with van der Waals surface area (Å²) in [5.41, 5.74) is 0.869. The Morgan fingerprint density at radius 3 is 2.50 bits per heavy atom. The molecule has 2 rings (SSSR count). The van der Waals surface area contributed by atoms with E-state index in [9.17, 15) is 13.2 Å². The average molecular weight is 374 g/mol. The summed E-state index contributed by atoms with van der Waals surface area (Å²) in [6, 6.07) is 7.14. The summed E-state index contributed by atoms with van der Waals surface area (Å²) in [6.07, 6.45) is 1.50. The number of benzene rings is 1. The molecule has 0 spiro atoms. The van der Waals surface area contributed by atoms with Crippen LogP contribution in [0.25, 0.3) is 0 Å². The molecular weight excluding hydrogens is 350 g/mol. The van der Waals surface area contributed by atoms with Gasteiger partial charge < -0.3 is 5.32 Å². The maximum Gasteiger partial charge on any atom is 0.282 e. The minimum absolute atomic E-state index is 0.0372. The number of halogens is 1. The third-order valence-electron chi connectivity index (χ3n) is 4.08. The van der Waals surface area contributed by atoms with E-state index in [0.29, 0.717) is 24.5 Å². The molecule has 1 aromatic carbocycles. The molecule has 1 N–H and O–H groups in total. The molecule has 0 unspecified atom stereocenters. The maximum absolute atomic E-state index is 12.7. The van der Waals surface area contributed by atoms with Crippen LogP contribution >= 0.6 is 11.6 Å². The summed E-state index contributed by atoms with van der Waals surface area (Å²) in [6.45, 7) is 4.83. The van der Waals surface area contributed by atoms with Gasteiger partial charge in [0.2, 0.25) is 5.91 Å². The molecule has 1 atom stereocenters. The molecule has 24 heavy (non-hydrogen) atoms. The van der Waals surface area contributed by atoms with Crippen molar-refractivity contribution in [2.24, 2.45) is 0 Å². The molecule has 1 aromatic rings. The van der Waals surface area contributed by atoms with Gasteiger partial charge in [0.15, 0.2) is 0 Å². The van der Waals surface area contributed by atoms with Gasteiger partial charge in [0, 0.05) is 30.7 Å². The highest BCUT2D eigenvalue weighted by molar-refractivity contribution is 7.86. The lowest BCUT2D eigenvalue weighted by Crippen LogP contribution is -2.52. The van der Waals surface area contributed by atoms with Gasteiger partial charge in [-0.05, 0) is 37.5 Å². The highest BCUT2D eigenvalue weighted by Crippen LogP contribution is 2.20. The van der Waals surface area contributed by atoms with Crippen LogP contribution in [0.2, 0.25) is 5.02 Å². The van der Waals surface area contributed by atoms with Crippen LogP contribution < -0.4 is 5.32 Å². The molecule has 0 bridgehead atoms. The molecule has 1 heterocycles. The van der Waals surface area contributed by atoms with Crippen molar-refractivity contribution >= 4 is 27.7 Å². The average Bonchev–Trinajstić information content (AvgIpc) is 2.53. The monoisotopic (exact) mass is 373 g/mol. The lowest BCUT2D eigenvalue weighted by atomic mass is 10.2. The molecule has 1 aliphatic rings. The first-order valence-electron chi connectivity index (χ1n) is 8.12. The number of nitrogens with one attached hydrogen (secondary N) is 1. The van der Waals surface area contributed by atoms with Gasteiger partial charge in [-0.2, -0.15) is 17.0 Å². The van der Waals surface area contributed by atoms with Crippen LogP contribution in [0.15, 0.2) is 24.3 Å². The summed E-state index contributed by atoms with van der Waals surface area (Å²) in [7, 11) is -3.64. The van der Waals surface area contributed by atoms with E-state index in [4.69, 9.17) is 11.6 Å². The zero-order valence-corrected chi connectivity index (χ0v) is 15.6. The van der Waals surface area contributed by atoms with E-state index in [1.165, 1.54) is 8.61 Å². The second kappa shape index (κ2) is 8.29. The van der Waals surface area contributed by atoms with Crippen molar-refractivity contribution in [3.63, 3.8) is 0 Å². The first-order chi connectivity index (χ1) is 11.3. The molecule has 134 valence electrons. The van der Waals surface area contributed by atoms with Gasteiger partial charge in [0.1, 0.15) is 0 Å². The summed E-state index contributed by atoms with van der Waals surface area (Å²) in [4.78, 5) is 12.0. The highest BCUT2D eigenvalue weighted by atomic mass is 35.5. The Kier molecular flexibility index (Phi) is 6.62. The lowest BCUT2D eigenvalue weighted by Gasteiger charge is -2.34. The third-order valence-corrected chi connectivity index (χ3v) is 6.26. The fourth-order valence-electron chi connectivity index (χ4n) is 2.51. The van der Waals surface area contributed by atoms with Crippen LogP contribution in [0.1, 0.15) is 32.3 Å². The van der Waals surface area contributed by atoms with Crippen molar-refractivity contribution in [3.8, 4) is 0 Å². The molecule has 1 saturated heterocycles. The normalized spacial score (nSPS) is 19.8. The first-order valence-corrected chi connectivity index (χ1v) is 9.89. The van der Waals surface area contributed by atoms with Crippen molar-refractivity contribution in [2.45, 2.75) is 39.3 Å². The van der Waals surface area contributed by atoms with Gasteiger partial charge in [0.25, 0.3) is 10.2 Å². The molecule has 0 radical (unpaired) electrons. The quantitative estimate of drug-likeness (QED) is 0.829. The Labute approximate surface area is 149 Å². The Balaban J connectivity index is 2.04. The summed E-state index contributed by atoms with van der Waals surface area (Å²) >= 11 is 5.86. The van der Waals surface area contributed by atoms with Crippen molar-refractivity contribution in [2.75, 3.05) is 19.6 Å². The van der Waals surface area contributed by atoms with E-state index in [1.807, 2.05) is 26.0 Å². The van der Waals surface area contributed by atoms with Crippen LogP contribution in [0.4, 0.5) is 0 Å². The Bertz CT molecular complexity index is 664. The second-order valence-electron chi connectivity index (χ2n) is 6.03. The van der Waals surface area contributed by atoms with Crippen LogP contribution in [-0.2, 0) is 21.5 Å². The number of hydrogen-bond acceptors (Lipinski definition) is 3. The van der Waals surface area contributed by atoms with Gasteiger partial charge in [0.05, 0.1) is 6.54 Å². The van der Waals surface area contributed by atoms with E-state index in [0.717, 1.165) is 12.0 Å². The molecule has 0 saturated carbocycles. The standard InChI is InChI=1S/C16H24ClN3O3S/c1-3-13(2)18-16(21)12-20-10-4-9-19(24(20,22)23)11-14-5-7-15(17)8-6-14/h5-8,13H,3-4,9-12H2,1-2H3,(H,18,21)/t13-/m0/s1. The van der Waals surface area contributed by atoms with Gasteiger partial charge in [-0.3, -0.25) is 4.79 Å². The zero-order valence-electron chi connectivity index (χ0n) is 14.0. The van der Waals surface area contributed by atoms with Crippen LogP contribution in [0, 0.1) is 0 Å². The fraction of sp³-hybridized carbons (Fsp3) is 0.562. The van der Waals surface area contributed by atoms with Crippen LogP contribution in [0.3, 0.4) is 0 Å². The highest BCUT2D eigenvalue weighted by Gasteiger charge is 2.34. The van der Waals surface area contributed by atoms with Crippen molar-refractivity contribution in [1.82, 2.24) is 13.9 Å². The number of rotatable bonds is 6. The number of carbonyl (C=O) groups is 1. The third kappa shape index (κ3) is 4.92. The number of carbonyl (C=O) groups excluding carboxylic acids is 1. The van der Waals surface area contributed by atoms with Gasteiger partial charge >= 0.3 is 0 Å². The van der Waals surface area contributed by atoms with E-state index < -0.39 is 10.2 Å². The first kappa shape index (κ1) is 19.2. The number of amides is 1. The van der Waals surface area contributed by atoms with Crippen molar-refractivity contribution in [3.05, 3.63) is 34.9 Å². The second-order valence-corrected chi connectivity index (χ2v) is 8.40. The molecule has 8 heteroatoms. The van der Waals surface area contributed by atoms with E-state index >= 15 is 0 Å². The minimum atomic E-state index is -3.64. The van der Waals surface area contributed by atoms with E-state index in [2.05, 4.69) is 5.32 Å². The van der Waals surface area contributed by atoms with Gasteiger partial charge in [-0.1, -0.05) is 30.7 Å². The van der Waals surface area contributed by atoms with Gasteiger partial charge in [-0.25, -0.2) is 0 Å². The van der Waals surface area contributed by atoms with Crippen LogP contribution in [-0.4, -0.2) is 48.6 Å². The van der Waals surface area contributed by atoms with Crippen LogP contribution in [0.5, 0.6) is 0 Å². The lowest BCUT2D eigenvalue weighted by molar-refractivity contribution is -0.122. The molecule has 1 amide bonds. The molecule has 1 aliphatic heterocycles. The molecule has 1 fully saturated rings. The van der Waals surface area contributed by atoms with Crippen molar-refractivity contribution in [1.29, 1.82) is 0 Å². The predicted molar refractivity (Wildman–Crippen MR) is 94.9 cm³/mol. The fourth-order valence-corrected chi connectivity index (χ4v) is 4.28. The molecule has 6 nitrogen and oxygen atoms in total. The predicted octanol–water partition coefficient (Wildman–Crippen LogP) is 2.01. The van der Waals surface area contributed by atoms with E-state index in [-0.39, 0.29) is 25.0 Å². The Morgan fingerprint density at radius 1 is 1.25 bits per heavy atom. The largest absolute Gasteiger partial charge is 0.353 e. The number of hydrogen-bond donors (Lipinski definition) is 1. The molecule has 0 aromatic heterocycles. The Hall–Kier alpha value is -1.15. The summed E-state index contributed by atoms with van der Waals surface area (Å²) in [5, 5.41) is 3.42. The summed E-state index contributed by atoms with van der Waals surface area (Å²) in [5.74, 6) is -0.263. The summed E-state index contributed by atoms with van der Waals surface area (Å²) < 4.78 is 28.1.